The van der Waals surface area contributed by atoms with E-state index in [-0.39, 0.29) is 38.4 Å². The standard InChI is InChI=1S/C45H82NO9P/c1-3-5-7-8-9-10-11-12-13-14-15-16-17-18-19-22-26-29-33-37-45(49)55-43(41-54-56(50,51)53-39-38-46)40-52-44(48)36-32-28-25-23-20-21-24-27-31-35-42(47)34-30-6-4-2/h12-13,24,27,31,35,43H,3-11,14-23,25-26,28-30,32-34,36-41,46H2,1-2H3,(H,50,51)/b13-12-,27-24-,35-31+/t43-/m1/s1. The number of carbonyl (C=O) groups excluding carboxylic acids is 3. The molecule has 0 bridgehead atoms. The highest BCUT2D eigenvalue weighted by atomic mass is 31.2. The number of esters is 2. The second-order valence-corrected chi connectivity index (χ2v) is 16.4. The smallest absolute Gasteiger partial charge is 0.462 e. The average molecular weight is 812 g/mol. The van der Waals surface area contributed by atoms with Crippen LogP contribution in [0.2, 0.25) is 0 Å². The van der Waals surface area contributed by atoms with Crippen molar-refractivity contribution in [2.75, 3.05) is 26.4 Å². The number of rotatable bonds is 42. The van der Waals surface area contributed by atoms with Crippen LogP contribution in [0.5, 0.6) is 0 Å². The third kappa shape index (κ3) is 40.1. The van der Waals surface area contributed by atoms with Gasteiger partial charge in [0.05, 0.1) is 13.2 Å². The van der Waals surface area contributed by atoms with Gasteiger partial charge in [-0.15, -0.1) is 0 Å². The molecule has 0 rings (SSSR count). The summed E-state index contributed by atoms with van der Waals surface area (Å²) in [6.07, 6.45) is 41.5. The van der Waals surface area contributed by atoms with E-state index in [1.54, 1.807) is 6.08 Å². The summed E-state index contributed by atoms with van der Waals surface area (Å²) in [6.45, 7) is 3.53. The molecule has 0 aliphatic carbocycles. The summed E-state index contributed by atoms with van der Waals surface area (Å²) in [5.41, 5.74) is 5.34. The summed E-state index contributed by atoms with van der Waals surface area (Å²) in [7, 11) is -4.40. The van der Waals surface area contributed by atoms with E-state index in [2.05, 4.69) is 32.1 Å². The first kappa shape index (κ1) is 53.9. The lowest BCUT2D eigenvalue weighted by Gasteiger charge is -2.19. The average Bonchev–Trinajstić information content (AvgIpc) is 3.18. The van der Waals surface area contributed by atoms with Gasteiger partial charge in [0, 0.05) is 25.8 Å². The Labute approximate surface area is 341 Å². The molecule has 0 saturated heterocycles. The van der Waals surface area contributed by atoms with Gasteiger partial charge in [-0.3, -0.25) is 23.4 Å². The van der Waals surface area contributed by atoms with Gasteiger partial charge in [0.2, 0.25) is 0 Å². The van der Waals surface area contributed by atoms with Crippen LogP contribution in [0.4, 0.5) is 0 Å². The monoisotopic (exact) mass is 812 g/mol. The normalized spacial score (nSPS) is 13.5. The fourth-order valence-electron chi connectivity index (χ4n) is 6.08. The van der Waals surface area contributed by atoms with Crippen molar-refractivity contribution in [1.29, 1.82) is 0 Å². The van der Waals surface area contributed by atoms with E-state index >= 15 is 0 Å². The van der Waals surface area contributed by atoms with Gasteiger partial charge in [-0.1, -0.05) is 153 Å². The highest BCUT2D eigenvalue weighted by Gasteiger charge is 2.26. The third-order valence-electron chi connectivity index (χ3n) is 9.47. The summed E-state index contributed by atoms with van der Waals surface area (Å²) in [5, 5.41) is 0. The molecule has 3 N–H and O–H groups in total. The van der Waals surface area contributed by atoms with Crippen LogP contribution >= 0.6 is 7.82 Å². The first-order valence-electron chi connectivity index (χ1n) is 22.4. The summed E-state index contributed by atoms with van der Waals surface area (Å²) in [5.74, 6) is -0.712. The van der Waals surface area contributed by atoms with Crippen LogP contribution in [0.1, 0.15) is 200 Å². The van der Waals surface area contributed by atoms with E-state index in [4.69, 9.17) is 24.3 Å². The molecule has 10 nitrogen and oxygen atoms in total. The second-order valence-electron chi connectivity index (χ2n) is 14.9. The van der Waals surface area contributed by atoms with Crippen molar-refractivity contribution in [3.63, 3.8) is 0 Å². The number of hydrogen-bond donors (Lipinski definition) is 2. The first-order chi connectivity index (χ1) is 27.2. The van der Waals surface area contributed by atoms with Crippen molar-refractivity contribution < 1.29 is 42.4 Å². The number of phosphoric acid groups is 1. The molecule has 0 aliphatic rings. The van der Waals surface area contributed by atoms with Gasteiger partial charge < -0.3 is 20.1 Å². The number of unbranched alkanes of at least 4 members (excludes halogenated alkanes) is 22. The van der Waals surface area contributed by atoms with Gasteiger partial charge in [0.25, 0.3) is 0 Å². The molecule has 0 fully saturated rings. The summed E-state index contributed by atoms with van der Waals surface area (Å²) < 4.78 is 32.7. The van der Waals surface area contributed by atoms with E-state index in [1.165, 1.54) is 83.5 Å². The summed E-state index contributed by atoms with van der Waals surface area (Å²) in [4.78, 5) is 46.6. The highest BCUT2D eigenvalue weighted by Crippen LogP contribution is 2.43. The number of ether oxygens (including phenoxy) is 2. The molecule has 0 aliphatic heterocycles. The Morgan fingerprint density at radius 1 is 0.571 bits per heavy atom. The van der Waals surface area contributed by atoms with E-state index < -0.39 is 32.5 Å². The predicted molar refractivity (Wildman–Crippen MR) is 229 cm³/mol. The van der Waals surface area contributed by atoms with Gasteiger partial charge in [-0.2, -0.15) is 0 Å². The maximum Gasteiger partial charge on any atom is 0.472 e. The van der Waals surface area contributed by atoms with Crippen molar-refractivity contribution in [1.82, 2.24) is 0 Å². The van der Waals surface area contributed by atoms with Gasteiger partial charge in [0.1, 0.15) is 6.61 Å². The Bertz CT molecular complexity index is 1080. The zero-order chi connectivity index (χ0) is 41.2. The second kappa shape index (κ2) is 41.1. The van der Waals surface area contributed by atoms with Gasteiger partial charge in [0.15, 0.2) is 11.9 Å². The molecule has 1 unspecified atom stereocenters. The van der Waals surface area contributed by atoms with Crippen LogP contribution in [0.15, 0.2) is 36.5 Å². The topological polar surface area (TPSA) is 151 Å². The quantitative estimate of drug-likeness (QED) is 0.0152. The molecule has 0 aromatic rings. The minimum atomic E-state index is -4.40. The van der Waals surface area contributed by atoms with E-state index in [0.717, 1.165) is 70.6 Å². The molecule has 2 atom stereocenters. The Kier molecular flexibility index (Phi) is 39.5. The predicted octanol–water partition coefficient (Wildman–Crippen LogP) is 12.1. The highest BCUT2D eigenvalue weighted by molar-refractivity contribution is 7.47. The van der Waals surface area contributed by atoms with E-state index in [0.29, 0.717) is 19.3 Å². The number of phosphoric ester groups is 1. The minimum Gasteiger partial charge on any atom is -0.462 e. The zero-order valence-electron chi connectivity index (χ0n) is 35.6. The van der Waals surface area contributed by atoms with Crippen molar-refractivity contribution >= 4 is 25.5 Å². The Morgan fingerprint density at radius 3 is 1.59 bits per heavy atom. The summed E-state index contributed by atoms with van der Waals surface area (Å²) >= 11 is 0. The lowest BCUT2D eigenvalue weighted by Crippen LogP contribution is -2.29. The number of carbonyl (C=O) groups is 3. The van der Waals surface area contributed by atoms with Gasteiger partial charge >= 0.3 is 19.8 Å². The molecule has 0 aromatic heterocycles. The first-order valence-corrected chi connectivity index (χ1v) is 23.9. The number of allylic oxidation sites excluding steroid dienone is 6. The maximum absolute atomic E-state index is 12.6. The van der Waals surface area contributed by atoms with E-state index in [9.17, 15) is 23.8 Å². The molecule has 0 spiro atoms. The molecular weight excluding hydrogens is 729 g/mol. The molecule has 0 amide bonds. The molecule has 326 valence electrons. The molecule has 0 radical (unpaired) electrons. The van der Waals surface area contributed by atoms with Gasteiger partial charge in [-0.05, 0) is 63.9 Å². The lowest BCUT2D eigenvalue weighted by molar-refractivity contribution is -0.161. The summed E-state index contributed by atoms with van der Waals surface area (Å²) in [6, 6.07) is 0. The molecule has 0 aromatic carbocycles. The Balaban J connectivity index is 4.18. The van der Waals surface area contributed by atoms with Crippen molar-refractivity contribution in [3.8, 4) is 0 Å². The fourth-order valence-corrected chi connectivity index (χ4v) is 6.85. The van der Waals surface area contributed by atoms with Crippen LogP contribution in [0.3, 0.4) is 0 Å². The van der Waals surface area contributed by atoms with Gasteiger partial charge in [-0.25, -0.2) is 4.57 Å². The Hall–Kier alpha value is -2.10. The van der Waals surface area contributed by atoms with Crippen molar-refractivity contribution in [3.05, 3.63) is 36.5 Å². The molecule has 0 heterocycles. The number of nitrogens with two attached hydrogens (primary N) is 1. The van der Waals surface area contributed by atoms with Crippen molar-refractivity contribution in [2.45, 2.75) is 206 Å². The fraction of sp³-hybridized carbons (Fsp3) is 0.800. The largest absolute Gasteiger partial charge is 0.472 e. The number of hydrogen-bond acceptors (Lipinski definition) is 9. The van der Waals surface area contributed by atoms with Crippen LogP contribution in [0, 0.1) is 0 Å². The molecular formula is C45H82NO9P. The van der Waals surface area contributed by atoms with Crippen LogP contribution in [-0.2, 0) is 37.5 Å². The Morgan fingerprint density at radius 2 is 1.04 bits per heavy atom. The number of ketones is 1. The van der Waals surface area contributed by atoms with Crippen LogP contribution < -0.4 is 5.73 Å². The molecule has 11 heteroatoms. The van der Waals surface area contributed by atoms with Crippen LogP contribution in [-0.4, -0.2) is 55.1 Å². The van der Waals surface area contributed by atoms with Crippen LogP contribution in [0.25, 0.3) is 0 Å². The molecule has 56 heavy (non-hydrogen) atoms. The minimum absolute atomic E-state index is 0.0400. The van der Waals surface area contributed by atoms with E-state index in [1.807, 2.05) is 12.2 Å². The third-order valence-corrected chi connectivity index (χ3v) is 10.5. The maximum atomic E-state index is 12.6. The van der Waals surface area contributed by atoms with Crippen molar-refractivity contribution in [2.24, 2.45) is 5.73 Å². The zero-order valence-corrected chi connectivity index (χ0v) is 36.5. The molecule has 0 saturated carbocycles. The lowest BCUT2D eigenvalue weighted by atomic mass is 10.1. The SMILES string of the molecule is CCCCCCCC/C=C\CCCCCCCCCCCC(=O)O[C@H](COC(=O)CCCCCCC/C=C\C=C\C(=O)CCCCC)COP(=O)(O)OCCN.